The highest BCUT2D eigenvalue weighted by molar-refractivity contribution is 9.10. The summed E-state index contributed by atoms with van der Waals surface area (Å²) in [4.78, 5) is 26.5. The van der Waals surface area contributed by atoms with Gasteiger partial charge in [0, 0.05) is 18.7 Å². The lowest BCUT2D eigenvalue weighted by Crippen LogP contribution is -2.33. The zero-order chi connectivity index (χ0) is 19.6. The van der Waals surface area contributed by atoms with Crippen molar-refractivity contribution < 1.29 is 19.1 Å². The van der Waals surface area contributed by atoms with Gasteiger partial charge >= 0.3 is 5.97 Å². The molecule has 0 aliphatic heterocycles. The van der Waals surface area contributed by atoms with Crippen molar-refractivity contribution in [3.63, 3.8) is 0 Å². The van der Waals surface area contributed by atoms with Gasteiger partial charge in [-0.05, 0) is 53.5 Å². The number of benzene rings is 2. The van der Waals surface area contributed by atoms with Gasteiger partial charge in [0.1, 0.15) is 5.75 Å². The number of hydrogen-bond donors (Lipinski definition) is 0. The maximum Gasteiger partial charge on any atom is 0.307 e. The predicted octanol–water partition coefficient (Wildman–Crippen LogP) is 4.44. The van der Waals surface area contributed by atoms with Crippen LogP contribution in [0.25, 0.3) is 0 Å². The van der Waals surface area contributed by atoms with E-state index in [0.717, 1.165) is 10.0 Å². The predicted molar refractivity (Wildman–Crippen MR) is 108 cm³/mol. The van der Waals surface area contributed by atoms with E-state index in [1.807, 2.05) is 37.3 Å². The fourth-order valence-corrected chi connectivity index (χ4v) is 3.10. The van der Waals surface area contributed by atoms with Crippen molar-refractivity contribution in [1.82, 2.24) is 4.90 Å². The monoisotopic (exact) mass is 433 g/mol. The second-order valence-corrected chi connectivity index (χ2v) is 6.70. The third kappa shape index (κ3) is 6.40. The number of carbonyl (C=O) groups is 2. The maximum absolute atomic E-state index is 13.1. The highest BCUT2D eigenvalue weighted by Crippen LogP contribution is 2.27. The standard InChI is InChI=1S/C21H24BrNO4/c1-3-26-19-11-10-17(14-18(19)22)21(25)23(13-12-20(24)27-4-2)15-16-8-6-5-7-9-16/h5-11,14H,3-4,12-13,15H2,1-2H3. The topological polar surface area (TPSA) is 55.8 Å². The first kappa shape index (κ1) is 21.0. The van der Waals surface area contributed by atoms with Gasteiger partial charge in [-0.25, -0.2) is 0 Å². The van der Waals surface area contributed by atoms with Crippen LogP contribution >= 0.6 is 15.9 Å². The molecule has 0 unspecified atom stereocenters. The zero-order valence-electron chi connectivity index (χ0n) is 15.6. The molecule has 144 valence electrons. The summed E-state index contributed by atoms with van der Waals surface area (Å²) in [6, 6.07) is 15.0. The van der Waals surface area contributed by atoms with Crippen molar-refractivity contribution in [3.05, 3.63) is 64.1 Å². The molecular formula is C21H24BrNO4. The van der Waals surface area contributed by atoms with Crippen LogP contribution in [0.1, 0.15) is 36.2 Å². The van der Waals surface area contributed by atoms with Crippen LogP contribution in [0.5, 0.6) is 5.75 Å². The summed E-state index contributed by atoms with van der Waals surface area (Å²) in [5, 5.41) is 0. The van der Waals surface area contributed by atoms with Crippen LogP contribution < -0.4 is 4.74 Å². The fourth-order valence-electron chi connectivity index (χ4n) is 2.60. The van der Waals surface area contributed by atoms with Gasteiger partial charge in [0.05, 0.1) is 24.1 Å². The van der Waals surface area contributed by atoms with Gasteiger partial charge in [-0.15, -0.1) is 0 Å². The van der Waals surface area contributed by atoms with Crippen LogP contribution in [0.15, 0.2) is 53.0 Å². The number of esters is 1. The summed E-state index contributed by atoms with van der Waals surface area (Å²) in [6.45, 7) is 5.26. The van der Waals surface area contributed by atoms with Crippen LogP contribution in [0.4, 0.5) is 0 Å². The molecule has 0 saturated heterocycles. The summed E-state index contributed by atoms with van der Waals surface area (Å²) < 4.78 is 11.2. The Morgan fingerprint density at radius 2 is 1.78 bits per heavy atom. The van der Waals surface area contributed by atoms with E-state index < -0.39 is 0 Å². The van der Waals surface area contributed by atoms with E-state index in [1.165, 1.54) is 0 Å². The first-order valence-corrected chi connectivity index (χ1v) is 9.75. The number of nitrogens with zero attached hydrogens (tertiary/aromatic N) is 1. The van der Waals surface area contributed by atoms with E-state index in [1.54, 1.807) is 30.0 Å². The Balaban J connectivity index is 2.18. The van der Waals surface area contributed by atoms with Gasteiger partial charge in [-0.1, -0.05) is 30.3 Å². The SMILES string of the molecule is CCOC(=O)CCN(Cc1ccccc1)C(=O)c1ccc(OCC)c(Br)c1. The molecule has 0 aliphatic rings. The Morgan fingerprint density at radius 1 is 1.04 bits per heavy atom. The van der Waals surface area contributed by atoms with Crippen LogP contribution in [-0.2, 0) is 16.1 Å². The largest absolute Gasteiger partial charge is 0.493 e. The summed E-state index contributed by atoms with van der Waals surface area (Å²) in [5.74, 6) is 0.235. The Labute approximate surface area is 168 Å². The summed E-state index contributed by atoms with van der Waals surface area (Å²) >= 11 is 3.45. The number of halogens is 1. The molecule has 2 rings (SSSR count). The summed E-state index contributed by atoms with van der Waals surface area (Å²) in [6.07, 6.45) is 0.157. The van der Waals surface area contributed by atoms with E-state index >= 15 is 0 Å². The Morgan fingerprint density at radius 3 is 2.41 bits per heavy atom. The quantitative estimate of drug-likeness (QED) is 0.548. The molecule has 1 amide bonds. The molecule has 6 heteroatoms. The molecule has 0 heterocycles. The highest BCUT2D eigenvalue weighted by atomic mass is 79.9. The fraction of sp³-hybridized carbons (Fsp3) is 0.333. The van der Waals surface area contributed by atoms with Crippen LogP contribution in [0.3, 0.4) is 0 Å². The molecule has 0 aromatic heterocycles. The molecule has 0 atom stereocenters. The van der Waals surface area contributed by atoms with Gasteiger partial charge < -0.3 is 14.4 Å². The van der Waals surface area contributed by atoms with Crippen molar-refractivity contribution in [2.45, 2.75) is 26.8 Å². The van der Waals surface area contributed by atoms with Gasteiger partial charge in [0.2, 0.25) is 0 Å². The normalized spacial score (nSPS) is 10.3. The van der Waals surface area contributed by atoms with E-state index in [0.29, 0.717) is 31.1 Å². The first-order chi connectivity index (χ1) is 13.0. The number of carbonyl (C=O) groups excluding carboxylic acids is 2. The number of hydrogen-bond acceptors (Lipinski definition) is 4. The van der Waals surface area contributed by atoms with Gasteiger partial charge in [0.15, 0.2) is 0 Å². The zero-order valence-corrected chi connectivity index (χ0v) is 17.2. The molecule has 0 bridgehead atoms. The molecule has 0 saturated carbocycles. The van der Waals surface area contributed by atoms with Crippen molar-refractivity contribution in [2.24, 2.45) is 0 Å². The van der Waals surface area contributed by atoms with E-state index in [-0.39, 0.29) is 24.8 Å². The Kier molecular flexibility index (Phi) is 8.33. The number of rotatable bonds is 9. The average molecular weight is 434 g/mol. The van der Waals surface area contributed by atoms with Crippen molar-refractivity contribution in [2.75, 3.05) is 19.8 Å². The first-order valence-electron chi connectivity index (χ1n) is 8.96. The van der Waals surface area contributed by atoms with Crippen LogP contribution in [-0.4, -0.2) is 36.5 Å². The van der Waals surface area contributed by atoms with Crippen molar-refractivity contribution >= 4 is 27.8 Å². The molecule has 5 nitrogen and oxygen atoms in total. The Bertz CT molecular complexity index is 764. The molecule has 0 N–H and O–H groups in total. The lowest BCUT2D eigenvalue weighted by atomic mass is 10.1. The molecule has 2 aromatic rings. The van der Waals surface area contributed by atoms with Gasteiger partial charge in [0.25, 0.3) is 5.91 Å². The van der Waals surface area contributed by atoms with E-state index in [9.17, 15) is 9.59 Å². The van der Waals surface area contributed by atoms with Crippen molar-refractivity contribution in [3.8, 4) is 5.75 Å². The van der Waals surface area contributed by atoms with E-state index in [4.69, 9.17) is 9.47 Å². The summed E-state index contributed by atoms with van der Waals surface area (Å²) in [5.41, 5.74) is 1.53. The third-order valence-corrected chi connectivity index (χ3v) is 4.49. The van der Waals surface area contributed by atoms with Crippen LogP contribution in [0, 0.1) is 0 Å². The Hall–Kier alpha value is -2.34. The second-order valence-electron chi connectivity index (χ2n) is 5.85. The average Bonchev–Trinajstić information content (AvgIpc) is 2.67. The minimum Gasteiger partial charge on any atom is -0.493 e. The molecule has 2 aromatic carbocycles. The molecule has 0 radical (unpaired) electrons. The smallest absolute Gasteiger partial charge is 0.307 e. The minimum atomic E-state index is -0.309. The van der Waals surface area contributed by atoms with Crippen molar-refractivity contribution in [1.29, 1.82) is 0 Å². The third-order valence-electron chi connectivity index (χ3n) is 3.87. The molecule has 0 fully saturated rings. The van der Waals surface area contributed by atoms with Gasteiger partial charge in [-0.2, -0.15) is 0 Å². The minimum absolute atomic E-state index is 0.146. The van der Waals surface area contributed by atoms with Crippen LogP contribution in [0.2, 0.25) is 0 Å². The maximum atomic E-state index is 13.1. The molecule has 0 aliphatic carbocycles. The second kappa shape index (κ2) is 10.7. The lowest BCUT2D eigenvalue weighted by Gasteiger charge is -2.23. The molecule has 27 heavy (non-hydrogen) atoms. The summed E-state index contributed by atoms with van der Waals surface area (Å²) in [7, 11) is 0. The lowest BCUT2D eigenvalue weighted by molar-refractivity contribution is -0.143. The number of amides is 1. The van der Waals surface area contributed by atoms with Gasteiger partial charge in [-0.3, -0.25) is 9.59 Å². The molecular weight excluding hydrogens is 410 g/mol. The highest BCUT2D eigenvalue weighted by Gasteiger charge is 2.19. The van der Waals surface area contributed by atoms with E-state index in [2.05, 4.69) is 15.9 Å². The molecule has 0 spiro atoms. The number of ether oxygens (including phenoxy) is 2.